The van der Waals surface area contributed by atoms with E-state index in [-0.39, 0.29) is 11.8 Å². The van der Waals surface area contributed by atoms with E-state index in [4.69, 9.17) is 0 Å². The minimum absolute atomic E-state index is 0.160. The van der Waals surface area contributed by atoms with Gasteiger partial charge in [0.2, 0.25) is 0 Å². The van der Waals surface area contributed by atoms with Crippen molar-refractivity contribution in [3.63, 3.8) is 0 Å². The van der Waals surface area contributed by atoms with Crippen LogP contribution in [0.4, 0.5) is 8.78 Å². The van der Waals surface area contributed by atoms with Gasteiger partial charge in [0.15, 0.2) is 0 Å². The SMILES string of the molecule is CCC(C)C(F)C(F)C(C)C. The zero-order valence-corrected chi connectivity index (χ0v) is 7.77. The smallest absolute Gasteiger partial charge is 0.134 e. The van der Waals surface area contributed by atoms with Crippen molar-refractivity contribution in [1.82, 2.24) is 0 Å². The standard InChI is InChI=1S/C9H18F2/c1-5-7(4)9(11)8(10)6(2)3/h6-9H,5H2,1-4H3. The summed E-state index contributed by atoms with van der Waals surface area (Å²) in [5, 5.41) is 0. The van der Waals surface area contributed by atoms with Crippen molar-refractivity contribution < 1.29 is 8.78 Å². The highest BCUT2D eigenvalue weighted by Crippen LogP contribution is 2.22. The summed E-state index contributed by atoms with van der Waals surface area (Å²) in [7, 11) is 0. The Kier molecular flexibility index (Phi) is 4.62. The summed E-state index contributed by atoms with van der Waals surface area (Å²) in [5.41, 5.74) is 0. The first-order chi connectivity index (χ1) is 5.00. The number of hydrogen-bond donors (Lipinski definition) is 0. The first-order valence-corrected chi connectivity index (χ1v) is 4.28. The summed E-state index contributed by atoms with van der Waals surface area (Å²) in [6, 6.07) is 0. The van der Waals surface area contributed by atoms with E-state index in [0.29, 0.717) is 6.42 Å². The maximum Gasteiger partial charge on any atom is 0.134 e. The van der Waals surface area contributed by atoms with Crippen molar-refractivity contribution in [2.24, 2.45) is 11.8 Å². The Balaban J connectivity index is 3.90. The van der Waals surface area contributed by atoms with Gasteiger partial charge >= 0.3 is 0 Å². The minimum atomic E-state index is -1.30. The van der Waals surface area contributed by atoms with E-state index in [0.717, 1.165) is 0 Å². The first-order valence-electron chi connectivity index (χ1n) is 4.28. The van der Waals surface area contributed by atoms with Crippen LogP contribution in [0.2, 0.25) is 0 Å². The maximum atomic E-state index is 13.1. The number of halogens is 2. The van der Waals surface area contributed by atoms with Gasteiger partial charge in [0, 0.05) is 0 Å². The molecule has 0 rings (SSSR count). The van der Waals surface area contributed by atoms with Gasteiger partial charge in [-0.05, 0) is 11.8 Å². The molecule has 3 unspecified atom stereocenters. The molecule has 0 radical (unpaired) electrons. The molecule has 0 spiro atoms. The van der Waals surface area contributed by atoms with Gasteiger partial charge in [-0.2, -0.15) is 0 Å². The molecule has 0 aromatic heterocycles. The molecule has 0 saturated carbocycles. The van der Waals surface area contributed by atoms with Gasteiger partial charge in [-0.1, -0.05) is 34.1 Å². The van der Waals surface area contributed by atoms with Crippen LogP contribution < -0.4 is 0 Å². The van der Waals surface area contributed by atoms with Crippen molar-refractivity contribution in [2.75, 3.05) is 0 Å². The monoisotopic (exact) mass is 164 g/mol. The van der Waals surface area contributed by atoms with E-state index in [1.165, 1.54) is 0 Å². The summed E-state index contributed by atoms with van der Waals surface area (Å²) in [4.78, 5) is 0. The Bertz CT molecular complexity index is 102. The van der Waals surface area contributed by atoms with Crippen LogP contribution in [0.15, 0.2) is 0 Å². The molecule has 0 aliphatic heterocycles. The second-order valence-corrected chi connectivity index (χ2v) is 3.52. The van der Waals surface area contributed by atoms with Crippen LogP contribution in [0, 0.1) is 11.8 Å². The Labute approximate surface area is 68.0 Å². The van der Waals surface area contributed by atoms with Crippen LogP contribution >= 0.6 is 0 Å². The molecule has 2 heteroatoms. The fraction of sp³-hybridized carbons (Fsp3) is 1.00. The molecular weight excluding hydrogens is 146 g/mol. The normalized spacial score (nSPS) is 19.9. The van der Waals surface area contributed by atoms with E-state index in [2.05, 4.69) is 0 Å². The van der Waals surface area contributed by atoms with Gasteiger partial charge in [-0.3, -0.25) is 0 Å². The summed E-state index contributed by atoms with van der Waals surface area (Å²) in [6.45, 7) is 7.04. The zero-order chi connectivity index (χ0) is 9.02. The van der Waals surface area contributed by atoms with Crippen LogP contribution in [0.25, 0.3) is 0 Å². The van der Waals surface area contributed by atoms with E-state index < -0.39 is 12.3 Å². The van der Waals surface area contributed by atoms with E-state index >= 15 is 0 Å². The quantitative estimate of drug-likeness (QED) is 0.597. The van der Waals surface area contributed by atoms with Gasteiger partial charge in [0.1, 0.15) is 12.3 Å². The minimum Gasteiger partial charge on any atom is -0.244 e. The Morgan fingerprint density at radius 1 is 1.00 bits per heavy atom. The third-order valence-corrected chi connectivity index (χ3v) is 2.13. The summed E-state index contributed by atoms with van der Waals surface area (Å²) in [5.74, 6) is -0.369. The lowest BCUT2D eigenvalue weighted by Gasteiger charge is -2.21. The topological polar surface area (TPSA) is 0 Å². The molecule has 3 atom stereocenters. The average Bonchev–Trinajstić information content (AvgIpc) is 2.00. The second kappa shape index (κ2) is 4.68. The first kappa shape index (κ1) is 10.9. The fourth-order valence-electron chi connectivity index (χ4n) is 0.907. The molecule has 0 saturated heterocycles. The van der Waals surface area contributed by atoms with Crippen LogP contribution in [0.3, 0.4) is 0 Å². The van der Waals surface area contributed by atoms with Crippen molar-refractivity contribution >= 4 is 0 Å². The summed E-state index contributed by atoms with van der Waals surface area (Å²) >= 11 is 0. The molecule has 0 aromatic rings. The van der Waals surface area contributed by atoms with Crippen molar-refractivity contribution in [3.05, 3.63) is 0 Å². The molecule has 0 aromatic carbocycles. The molecule has 0 N–H and O–H groups in total. The predicted octanol–water partition coefficient (Wildman–Crippen LogP) is 3.36. The second-order valence-electron chi connectivity index (χ2n) is 3.52. The molecule has 0 bridgehead atoms. The van der Waals surface area contributed by atoms with E-state index in [9.17, 15) is 8.78 Å². The van der Waals surface area contributed by atoms with Crippen molar-refractivity contribution in [2.45, 2.75) is 46.5 Å². The van der Waals surface area contributed by atoms with E-state index in [1.54, 1.807) is 20.8 Å². The molecule has 68 valence electrons. The van der Waals surface area contributed by atoms with Gasteiger partial charge in [-0.25, -0.2) is 8.78 Å². The lowest BCUT2D eigenvalue weighted by Crippen LogP contribution is -2.28. The molecule has 0 heterocycles. The number of rotatable bonds is 4. The van der Waals surface area contributed by atoms with Crippen LogP contribution in [0.5, 0.6) is 0 Å². The van der Waals surface area contributed by atoms with Gasteiger partial charge in [-0.15, -0.1) is 0 Å². The Morgan fingerprint density at radius 3 is 1.73 bits per heavy atom. The molecule has 0 aliphatic carbocycles. The van der Waals surface area contributed by atoms with Gasteiger partial charge in [0.25, 0.3) is 0 Å². The van der Waals surface area contributed by atoms with Crippen LogP contribution in [0.1, 0.15) is 34.1 Å². The largest absolute Gasteiger partial charge is 0.244 e. The molecule has 0 aliphatic rings. The molecule has 0 nitrogen and oxygen atoms in total. The van der Waals surface area contributed by atoms with Crippen LogP contribution in [-0.2, 0) is 0 Å². The highest BCUT2D eigenvalue weighted by Gasteiger charge is 2.27. The lowest BCUT2D eigenvalue weighted by molar-refractivity contribution is 0.0826. The van der Waals surface area contributed by atoms with Crippen LogP contribution in [-0.4, -0.2) is 12.3 Å². The number of alkyl halides is 2. The van der Waals surface area contributed by atoms with Gasteiger partial charge < -0.3 is 0 Å². The molecule has 11 heavy (non-hydrogen) atoms. The lowest BCUT2D eigenvalue weighted by atomic mass is 9.93. The zero-order valence-electron chi connectivity index (χ0n) is 7.77. The Morgan fingerprint density at radius 2 is 1.45 bits per heavy atom. The van der Waals surface area contributed by atoms with Gasteiger partial charge in [0.05, 0.1) is 0 Å². The summed E-state index contributed by atoms with van der Waals surface area (Å²) in [6.07, 6.45) is -1.89. The predicted molar refractivity (Wildman–Crippen MR) is 44.1 cm³/mol. The Hall–Kier alpha value is -0.140. The third kappa shape index (κ3) is 3.17. The highest BCUT2D eigenvalue weighted by molar-refractivity contribution is 4.75. The molecular formula is C9H18F2. The molecule has 0 fully saturated rings. The third-order valence-electron chi connectivity index (χ3n) is 2.13. The highest BCUT2D eigenvalue weighted by atomic mass is 19.2. The van der Waals surface area contributed by atoms with E-state index in [1.807, 2.05) is 6.92 Å². The fourth-order valence-corrected chi connectivity index (χ4v) is 0.907. The molecule has 0 amide bonds. The average molecular weight is 164 g/mol. The maximum absolute atomic E-state index is 13.1. The number of hydrogen-bond acceptors (Lipinski definition) is 0. The van der Waals surface area contributed by atoms with Crippen molar-refractivity contribution in [1.29, 1.82) is 0 Å². The van der Waals surface area contributed by atoms with Crippen molar-refractivity contribution in [3.8, 4) is 0 Å². The summed E-state index contributed by atoms with van der Waals surface area (Å²) < 4.78 is 26.0.